The maximum Gasteiger partial charge on any atom is 0.239 e. The molecule has 3 aliphatic rings. The molecule has 1 aromatic rings. The summed E-state index contributed by atoms with van der Waals surface area (Å²) in [6, 6.07) is 8.14. The Labute approximate surface area is 139 Å². The average molecular weight is 331 g/mol. The molecular weight excluding hydrogens is 306 g/mol. The molecular formula is C19H25NO2S. The first kappa shape index (κ1) is 15.4. The number of hydrogen-bond acceptors (Lipinski definition) is 2. The Bertz CT molecular complexity index is 723. The van der Waals surface area contributed by atoms with Gasteiger partial charge in [0.05, 0.1) is 4.91 Å². The maximum atomic E-state index is 13.1. The van der Waals surface area contributed by atoms with Crippen molar-refractivity contribution in [2.24, 2.45) is 11.8 Å². The Morgan fingerprint density at radius 3 is 2.61 bits per heavy atom. The van der Waals surface area contributed by atoms with Gasteiger partial charge < -0.3 is 0 Å². The minimum atomic E-state index is -3.28. The van der Waals surface area contributed by atoms with Crippen molar-refractivity contribution in [3.8, 4) is 0 Å². The smallest absolute Gasteiger partial charge is 0.207 e. The summed E-state index contributed by atoms with van der Waals surface area (Å²) in [5.41, 5.74) is 2.34. The molecule has 0 bridgehead atoms. The molecule has 1 saturated carbocycles. The fourth-order valence-corrected chi connectivity index (χ4v) is 6.26. The zero-order chi connectivity index (χ0) is 15.9. The zero-order valence-electron chi connectivity index (χ0n) is 13.6. The number of sulfonamides is 1. The molecule has 0 amide bonds. The summed E-state index contributed by atoms with van der Waals surface area (Å²) in [6.07, 6.45) is 9.54. The van der Waals surface area contributed by atoms with Crippen molar-refractivity contribution in [3.05, 3.63) is 40.3 Å². The Balaban J connectivity index is 1.58. The molecule has 2 fully saturated rings. The van der Waals surface area contributed by atoms with Gasteiger partial charge in [0.1, 0.15) is 0 Å². The number of benzene rings is 1. The van der Waals surface area contributed by atoms with Gasteiger partial charge in [0.2, 0.25) is 10.0 Å². The third-order valence-corrected chi connectivity index (χ3v) is 7.93. The predicted octanol–water partition coefficient (Wildman–Crippen LogP) is 3.82. The summed E-state index contributed by atoms with van der Waals surface area (Å²) in [5.74, 6) is 1.35. The van der Waals surface area contributed by atoms with Gasteiger partial charge in [0.25, 0.3) is 0 Å². The standard InChI is InChI=1S/C19H25NO2S/c21-23(22,19-10-9-15-5-1-3-7-17(15)13-19)20-12-11-16-6-2-4-8-18(16)14-20/h1,3,5,7,13,16,18H,2,4,6,8-12,14H2/t16-,18+/m1/s1. The molecule has 1 aliphatic heterocycles. The minimum Gasteiger partial charge on any atom is -0.207 e. The topological polar surface area (TPSA) is 37.4 Å². The van der Waals surface area contributed by atoms with E-state index in [1.165, 1.54) is 31.2 Å². The van der Waals surface area contributed by atoms with Crippen molar-refractivity contribution >= 4 is 16.1 Å². The lowest BCUT2D eigenvalue weighted by Gasteiger charge is -2.41. The first-order valence-corrected chi connectivity index (χ1v) is 10.4. The quantitative estimate of drug-likeness (QED) is 0.826. The molecule has 1 aromatic carbocycles. The summed E-state index contributed by atoms with van der Waals surface area (Å²) < 4.78 is 27.9. The van der Waals surface area contributed by atoms with E-state index in [0.717, 1.165) is 30.9 Å². The van der Waals surface area contributed by atoms with E-state index in [4.69, 9.17) is 0 Å². The van der Waals surface area contributed by atoms with E-state index in [9.17, 15) is 8.42 Å². The van der Waals surface area contributed by atoms with Gasteiger partial charge in [-0.3, -0.25) is 0 Å². The molecule has 3 nitrogen and oxygen atoms in total. The Morgan fingerprint density at radius 1 is 0.957 bits per heavy atom. The average Bonchev–Trinajstić information content (AvgIpc) is 2.61. The number of piperidine rings is 1. The molecule has 0 unspecified atom stereocenters. The van der Waals surface area contributed by atoms with Crippen LogP contribution >= 0.6 is 0 Å². The molecule has 4 rings (SSSR count). The second-order valence-corrected chi connectivity index (χ2v) is 9.26. The van der Waals surface area contributed by atoms with Crippen molar-refractivity contribution in [2.45, 2.75) is 44.9 Å². The van der Waals surface area contributed by atoms with E-state index >= 15 is 0 Å². The van der Waals surface area contributed by atoms with E-state index in [-0.39, 0.29) is 0 Å². The van der Waals surface area contributed by atoms with Gasteiger partial charge in [0, 0.05) is 13.1 Å². The Kier molecular flexibility index (Phi) is 4.06. The van der Waals surface area contributed by atoms with E-state index < -0.39 is 10.0 Å². The summed E-state index contributed by atoms with van der Waals surface area (Å²) >= 11 is 0. The van der Waals surface area contributed by atoms with Crippen LogP contribution in [0.15, 0.2) is 29.2 Å². The van der Waals surface area contributed by atoms with Gasteiger partial charge in [0.15, 0.2) is 0 Å². The molecule has 4 heteroatoms. The largest absolute Gasteiger partial charge is 0.239 e. The van der Waals surface area contributed by atoms with Crippen LogP contribution in [-0.4, -0.2) is 25.8 Å². The Hall–Kier alpha value is -1.13. The fourth-order valence-electron chi connectivity index (χ4n) is 4.56. The van der Waals surface area contributed by atoms with Crippen molar-refractivity contribution in [1.29, 1.82) is 0 Å². The van der Waals surface area contributed by atoms with Gasteiger partial charge in [-0.2, -0.15) is 4.31 Å². The van der Waals surface area contributed by atoms with Crippen LogP contribution in [0.4, 0.5) is 0 Å². The lowest BCUT2D eigenvalue weighted by atomic mass is 9.76. The first-order valence-electron chi connectivity index (χ1n) is 8.93. The summed E-state index contributed by atoms with van der Waals surface area (Å²) in [5, 5.41) is 0. The summed E-state index contributed by atoms with van der Waals surface area (Å²) in [4.78, 5) is 0.616. The highest BCUT2D eigenvalue weighted by Crippen LogP contribution is 2.38. The van der Waals surface area contributed by atoms with Crippen molar-refractivity contribution < 1.29 is 8.42 Å². The van der Waals surface area contributed by atoms with Crippen molar-refractivity contribution in [3.63, 3.8) is 0 Å². The third-order valence-electron chi connectivity index (χ3n) is 5.94. The van der Waals surface area contributed by atoms with E-state index in [0.29, 0.717) is 23.8 Å². The number of nitrogens with zero attached hydrogens (tertiary/aromatic N) is 1. The number of hydrogen-bond donors (Lipinski definition) is 0. The van der Waals surface area contributed by atoms with Crippen molar-refractivity contribution in [1.82, 2.24) is 4.31 Å². The van der Waals surface area contributed by atoms with Crippen LogP contribution in [-0.2, 0) is 16.4 Å². The van der Waals surface area contributed by atoms with Crippen LogP contribution in [0.5, 0.6) is 0 Å². The maximum absolute atomic E-state index is 13.1. The Morgan fingerprint density at radius 2 is 1.74 bits per heavy atom. The number of fused-ring (bicyclic) bond motifs is 2. The van der Waals surface area contributed by atoms with Gasteiger partial charge in [-0.1, -0.05) is 43.5 Å². The molecule has 1 heterocycles. The molecule has 0 spiro atoms. The lowest BCUT2D eigenvalue weighted by Crippen LogP contribution is -2.45. The van der Waals surface area contributed by atoms with Crippen LogP contribution in [0.2, 0.25) is 0 Å². The highest BCUT2D eigenvalue weighted by atomic mass is 32.2. The van der Waals surface area contributed by atoms with Gasteiger partial charge in [-0.15, -0.1) is 0 Å². The highest BCUT2D eigenvalue weighted by molar-refractivity contribution is 7.93. The zero-order valence-corrected chi connectivity index (χ0v) is 14.4. The van der Waals surface area contributed by atoms with Crippen LogP contribution in [0, 0.1) is 11.8 Å². The van der Waals surface area contributed by atoms with Gasteiger partial charge in [-0.05, 0) is 54.7 Å². The van der Waals surface area contributed by atoms with Crippen LogP contribution in [0.1, 0.15) is 49.7 Å². The van der Waals surface area contributed by atoms with E-state index in [1.54, 1.807) is 4.31 Å². The van der Waals surface area contributed by atoms with Gasteiger partial charge in [-0.25, -0.2) is 8.42 Å². The summed E-state index contributed by atoms with van der Waals surface area (Å²) in [7, 11) is -3.28. The normalized spacial score (nSPS) is 28.6. The second-order valence-electron chi connectivity index (χ2n) is 7.27. The molecule has 124 valence electrons. The number of aryl methyl sites for hydroxylation is 1. The molecule has 2 atom stereocenters. The fraction of sp³-hybridized carbons (Fsp3) is 0.579. The minimum absolute atomic E-state index is 0.587. The second kappa shape index (κ2) is 6.06. The highest BCUT2D eigenvalue weighted by Gasteiger charge is 2.37. The van der Waals surface area contributed by atoms with Crippen LogP contribution in [0.3, 0.4) is 0 Å². The molecule has 0 radical (unpaired) electrons. The first-order chi connectivity index (χ1) is 11.1. The molecule has 0 N–H and O–H groups in total. The number of allylic oxidation sites excluding steroid dienone is 1. The molecule has 2 aliphatic carbocycles. The van der Waals surface area contributed by atoms with Crippen LogP contribution < -0.4 is 0 Å². The van der Waals surface area contributed by atoms with Gasteiger partial charge >= 0.3 is 0 Å². The van der Waals surface area contributed by atoms with E-state index in [2.05, 4.69) is 6.07 Å². The molecule has 1 saturated heterocycles. The monoisotopic (exact) mass is 331 g/mol. The van der Waals surface area contributed by atoms with Crippen molar-refractivity contribution in [2.75, 3.05) is 13.1 Å². The van der Waals surface area contributed by atoms with E-state index in [1.807, 2.05) is 24.3 Å². The van der Waals surface area contributed by atoms with Crippen LogP contribution in [0.25, 0.3) is 6.08 Å². The number of rotatable bonds is 2. The molecule has 23 heavy (non-hydrogen) atoms. The molecule has 0 aromatic heterocycles. The SMILES string of the molecule is O=S(=O)(C1=Cc2ccccc2CC1)N1CC[C@H]2CCCC[C@H]2C1. The third kappa shape index (κ3) is 2.87. The lowest BCUT2D eigenvalue weighted by molar-refractivity contribution is 0.137. The summed E-state index contributed by atoms with van der Waals surface area (Å²) in [6.45, 7) is 1.45. The predicted molar refractivity (Wildman–Crippen MR) is 93.3 cm³/mol.